The SMILES string of the molecule is C/C=N\N/C(C1=CCC(C(F)(F)F)CC1)=C(/C)N(C)O. The summed E-state index contributed by atoms with van der Waals surface area (Å²) in [7, 11) is 1.45. The zero-order chi connectivity index (χ0) is 15.3. The summed E-state index contributed by atoms with van der Waals surface area (Å²) in [4.78, 5) is 0. The highest BCUT2D eigenvalue weighted by molar-refractivity contribution is 5.53. The first kappa shape index (κ1) is 16.6. The Bertz CT molecular complexity index is 425. The van der Waals surface area contributed by atoms with Crippen LogP contribution in [0.5, 0.6) is 0 Å². The van der Waals surface area contributed by atoms with Crippen LogP contribution in [0.25, 0.3) is 0 Å². The highest BCUT2D eigenvalue weighted by Crippen LogP contribution is 2.38. The van der Waals surface area contributed by atoms with Crippen molar-refractivity contribution in [3.05, 3.63) is 23.0 Å². The quantitative estimate of drug-likeness (QED) is 0.616. The van der Waals surface area contributed by atoms with Crippen LogP contribution in [0.3, 0.4) is 0 Å². The lowest BCUT2D eigenvalue weighted by Crippen LogP contribution is -2.26. The third-order valence-corrected chi connectivity index (χ3v) is 3.35. The zero-order valence-electron chi connectivity index (χ0n) is 11.8. The second-order valence-corrected chi connectivity index (χ2v) is 4.73. The van der Waals surface area contributed by atoms with E-state index >= 15 is 0 Å². The van der Waals surface area contributed by atoms with Crippen LogP contribution in [-0.4, -0.2) is 29.7 Å². The van der Waals surface area contributed by atoms with Gasteiger partial charge in [-0.2, -0.15) is 18.3 Å². The summed E-state index contributed by atoms with van der Waals surface area (Å²) in [6, 6.07) is 0. The van der Waals surface area contributed by atoms with Crippen molar-refractivity contribution in [2.75, 3.05) is 7.05 Å². The molecule has 0 spiro atoms. The third kappa shape index (κ3) is 4.26. The lowest BCUT2D eigenvalue weighted by Gasteiger charge is -2.26. The minimum Gasteiger partial charge on any atom is -0.289 e. The van der Waals surface area contributed by atoms with Crippen LogP contribution >= 0.6 is 0 Å². The number of halogens is 3. The van der Waals surface area contributed by atoms with Crippen LogP contribution in [0.2, 0.25) is 0 Å². The standard InChI is InChI=1S/C13H20F3N3O/c1-4-17-18-12(9(2)19(3)20)10-5-7-11(8-6-10)13(14,15)16/h4-5,11,18,20H,6-8H2,1-3H3/b12-9-,17-4-. The highest BCUT2D eigenvalue weighted by Gasteiger charge is 2.40. The van der Waals surface area contributed by atoms with Crippen LogP contribution < -0.4 is 5.43 Å². The van der Waals surface area contributed by atoms with Gasteiger partial charge in [0.25, 0.3) is 0 Å². The van der Waals surface area contributed by atoms with Gasteiger partial charge in [-0.1, -0.05) is 6.08 Å². The number of hydrogen-bond acceptors (Lipinski definition) is 4. The molecule has 0 saturated heterocycles. The van der Waals surface area contributed by atoms with Crippen molar-refractivity contribution in [2.24, 2.45) is 11.0 Å². The van der Waals surface area contributed by atoms with E-state index < -0.39 is 12.1 Å². The number of hydrogen-bond donors (Lipinski definition) is 2. The molecule has 1 aliphatic carbocycles. The Hall–Kier alpha value is -1.50. The van der Waals surface area contributed by atoms with Gasteiger partial charge in [0.05, 0.1) is 17.3 Å². The molecule has 1 aliphatic rings. The number of hydroxylamine groups is 2. The van der Waals surface area contributed by atoms with Crippen molar-refractivity contribution in [1.82, 2.24) is 10.5 Å². The van der Waals surface area contributed by atoms with Gasteiger partial charge in [-0.3, -0.25) is 15.7 Å². The topological polar surface area (TPSA) is 47.9 Å². The van der Waals surface area contributed by atoms with Crippen molar-refractivity contribution in [2.45, 2.75) is 39.3 Å². The summed E-state index contributed by atoms with van der Waals surface area (Å²) in [5.74, 6) is -1.28. The Morgan fingerprint density at radius 3 is 2.60 bits per heavy atom. The molecular weight excluding hydrogens is 271 g/mol. The van der Waals surface area contributed by atoms with Gasteiger partial charge in [0, 0.05) is 13.3 Å². The molecule has 1 rings (SSSR count). The van der Waals surface area contributed by atoms with Crippen LogP contribution in [0.15, 0.2) is 28.1 Å². The first-order valence-corrected chi connectivity index (χ1v) is 6.40. The molecule has 114 valence electrons. The predicted molar refractivity (Wildman–Crippen MR) is 71.0 cm³/mol. The number of hydrazone groups is 1. The molecule has 0 heterocycles. The molecular formula is C13H20F3N3O. The molecule has 0 aliphatic heterocycles. The van der Waals surface area contributed by atoms with Crippen LogP contribution in [0.4, 0.5) is 13.2 Å². The molecule has 0 amide bonds. The first-order valence-electron chi connectivity index (χ1n) is 6.40. The molecule has 2 N–H and O–H groups in total. The average Bonchev–Trinajstić information content (AvgIpc) is 2.38. The Labute approximate surface area is 116 Å². The Balaban J connectivity index is 2.95. The van der Waals surface area contributed by atoms with E-state index in [0.29, 0.717) is 17.8 Å². The molecule has 1 atom stereocenters. The maximum atomic E-state index is 12.6. The van der Waals surface area contributed by atoms with E-state index in [9.17, 15) is 18.4 Å². The molecule has 1 unspecified atom stereocenters. The normalized spacial score (nSPS) is 21.6. The molecule has 0 radical (unpaired) electrons. The third-order valence-electron chi connectivity index (χ3n) is 3.35. The molecule has 4 nitrogen and oxygen atoms in total. The molecule has 0 aromatic heterocycles. The molecule has 7 heteroatoms. The summed E-state index contributed by atoms with van der Waals surface area (Å²) in [5, 5.41) is 14.3. The van der Waals surface area contributed by atoms with Gasteiger partial charge in [-0.25, -0.2) is 0 Å². The number of nitrogens with zero attached hydrogens (tertiary/aromatic N) is 2. The van der Waals surface area contributed by atoms with Crippen molar-refractivity contribution in [3.63, 3.8) is 0 Å². The van der Waals surface area contributed by atoms with E-state index in [-0.39, 0.29) is 12.8 Å². The van der Waals surface area contributed by atoms with Crippen molar-refractivity contribution in [3.8, 4) is 0 Å². The first-order chi connectivity index (χ1) is 9.27. The fraction of sp³-hybridized carbons (Fsp3) is 0.615. The van der Waals surface area contributed by atoms with Crippen LogP contribution in [0.1, 0.15) is 33.1 Å². The van der Waals surface area contributed by atoms with Gasteiger partial charge in [0.2, 0.25) is 0 Å². The van der Waals surface area contributed by atoms with E-state index in [1.165, 1.54) is 13.3 Å². The summed E-state index contributed by atoms with van der Waals surface area (Å²) >= 11 is 0. The average molecular weight is 291 g/mol. The molecule has 0 saturated carbocycles. The summed E-state index contributed by atoms with van der Waals surface area (Å²) in [5.41, 5.74) is 4.57. The highest BCUT2D eigenvalue weighted by atomic mass is 19.4. The zero-order valence-corrected chi connectivity index (χ0v) is 11.8. The summed E-state index contributed by atoms with van der Waals surface area (Å²) < 4.78 is 37.9. The number of alkyl halides is 3. The number of allylic oxidation sites excluding steroid dienone is 3. The van der Waals surface area contributed by atoms with Crippen molar-refractivity contribution in [1.29, 1.82) is 0 Å². The smallest absolute Gasteiger partial charge is 0.289 e. The summed E-state index contributed by atoms with van der Waals surface area (Å²) in [6.45, 7) is 3.39. The molecule has 0 aromatic carbocycles. The summed E-state index contributed by atoms with van der Waals surface area (Å²) in [6.07, 6.45) is -0.726. The Morgan fingerprint density at radius 1 is 1.55 bits per heavy atom. The molecule has 20 heavy (non-hydrogen) atoms. The van der Waals surface area contributed by atoms with Gasteiger partial charge in [-0.15, -0.1) is 0 Å². The minimum atomic E-state index is -4.15. The van der Waals surface area contributed by atoms with Crippen molar-refractivity contribution < 1.29 is 18.4 Å². The van der Waals surface area contributed by atoms with E-state index in [1.807, 2.05) is 0 Å². The number of rotatable bonds is 4. The Kier molecular flexibility index (Phi) is 5.62. The maximum absolute atomic E-state index is 12.6. The fourth-order valence-corrected chi connectivity index (χ4v) is 2.03. The van der Waals surface area contributed by atoms with Crippen LogP contribution in [0, 0.1) is 5.92 Å². The lowest BCUT2D eigenvalue weighted by atomic mass is 9.87. The van der Waals surface area contributed by atoms with Gasteiger partial charge in [0.1, 0.15) is 0 Å². The van der Waals surface area contributed by atoms with Gasteiger partial charge >= 0.3 is 6.18 Å². The molecule has 0 fully saturated rings. The fourth-order valence-electron chi connectivity index (χ4n) is 2.03. The van der Waals surface area contributed by atoms with Crippen LogP contribution in [-0.2, 0) is 0 Å². The molecule has 0 aromatic rings. The van der Waals surface area contributed by atoms with E-state index in [4.69, 9.17) is 0 Å². The largest absolute Gasteiger partial charge is 0.392 e. The van der Waals surface area contributed by atoms with E-state index in [0.717, 1.165) is 10.6 Å². The second kappa shape index (κ2) is 6.78. The van der Waals surface area contributed by atoms with Gasteiger partial charge in [0.15, 0.2) is 0 Å². The van der Waals surface area contributed by atoms with E-state index in [1.54, 1.807) is 19.9 Å². The predicted octanol–water partition coefficient (Wildman–Crippen LogP) is 3.42. The minimum absolute atomic E-state index is 0.0394. The van der Waals surface area contributed by atoms with Crippen molar-refractivity contribution >= 4 is 6.21 Å². The van der Waals surface area contributed by atoms with E-state index in [2.05, 4.69) is 10.5 Å². The lowest BCUT2D eigenvalue weighted by molar-refractivity contribution is -0.176. The Morgan fingerprint density at radius 2 is 2.20 bits per heavy atom. The second-order valence-electron chi connectivity index (χ2n) is 4.73. The van der Waals surface area contributed by atoms with Gasteiger partial charge < -0.3 is 0 Å². The monoisotopic (exact) mass is 291 g/mol. The molecule has 0 bridgehead atoms. The maximum Gasteiger partial charge on any atom is 0.392 e. The van der Waals surface area contributed by atoms with Gasteiger partial charge in [-0.05, 0) is 38.7 Å². The number of nitrogens with one attached hydrogen (secondary N) is 1.